The summed E-state index contributed by atoms with van der Waals surface area (Å²) in [6, 6.07) is 2.81. The van der Waals surface area contributed by atoms with Crippen molar-refractivity contribution in [2.24, 2.45) is 0 Å². The molecule has 0 atom stereocenters. The zero-order valence-corrected chi connectivity index (χ0v) is 20.8. The third kappa shape index (κ3) is 4.94. The molecule has 3 heterocycles. The molecular formula is C20H19F2KN4O5. The maximum atomic E-state index is 14.9. The molecule has 0 aromatic carbocycles. The fourth-order valence-corrected chi connectivity index (χ4v) is 3.27. The molecule has 0 aliphatic carbocycles. The Bertz CT molecular complexity index is 1140. The number of nitrogens with two attached hydrogens (primary N) is 1. The van der Waals surface area contributed by atoms with Gasteiger partial charge in [-0.05, 0) is 25.5 Å². The van der Waals surface area contributed by atoms with Crippen molar-refractivity contribution < 1.29 is 84.5 Å². The van der Waals surface area contributed by atoms with Crippen LogP contribution in [0.5, 0.6) is 5.75 Å². The molecule has 3 aromatic heterocycles. The van der Waals surface area contributed by atoms with Crippen LogP contribution in [0.1, 0.15) is 45.9 Å². The van der Waals surface area contributed by atoms with E-state index in [-0.39, 0.29) is 87.4 Å². The summed E-state index contributed by atoms with van der Waals surface area (Å²) in [6.45, 7) is 3.48. The first kappa shape index (κ1) is 26.1. The molecule has 3 rings (SSSR count). The number of aromatic hydroxyl groups is 1. The Balaban J connectivity index is 0.00000363. The van der Waals surface area contributed by atoms with E-state index in [9.17, 15) is 28.6 Å². The van der Waals surface area contributed by atoms with Gasteiger partial charge in [0.25, 0.3) is 0 Å². The van der Waals surface area contributed by atoms with Gasteiger partial charge in [0.2, 0.25) is 5.78 Å². The number of carbonyl (C=O) groups is 2. The van der Waals surface area contributed by atoms with Gasteiger partial charge in [-0.1, -0.05) is 12.1 Å². The number of carbonyl (C=O) groups excluding carboxylic acids is 2. The van der Waals surface area contributed by atoms with E-state index in [1.54, 1.807) is 13.8 Å². The van der Waals surface area contributed by atoms with E-state index in [0.29, 0.717) is 11.3 Å². The number of aryl methyl sites for hydroxylation is 1. The van der Waals surface area contributed by atoms with E-state index in [2.05, 4.69) is 10.1 Å². The van der Waals surface area contributed by atoms with Crippen molar-refractivity contribution in [3.8, 4) is 17.1 Å². The molecule has 0 unspecified atom stereocenters. The first-order valence-electron chi connectivity index (χ1n) is 9.36. The molecule has 0 aliphatic heterocycles. The second-order valence-corrected chi connectivity index (χ2v) is 6.77. The van der Waals surface area contributed by atoms with Gasteiger partial charge in [0, 0.05) is 18.3 Å². The molecule has 0 amide bonds. The van der Waals surface area contributed by atoms with Crippen molar-refractivity contribution in [3.05, 3.63) is 47.0 Å². The fourth-order valence-electron chi connectivity index (χ4n) is 3.27. The predicted octanol–water partition coefficient (Wildman–Crippen LogP) is -1.16. The summed E-state index contributed by atoms with van der Waals surface area (Å²) in [5.41, 5.74) is 4.98. The molecular weight excluding hydrogens is 453 g/mol. The topological polar surface area (TPSA) is 147 Å². The van der Waals surface area contributed by atoms with Gasteiger partial charge in [-0.3, -0.25) is 9.78 Å². The number of Topliss-reactive ketones (excluding diaryl/α,β-unsaturated/α-hetero) is 1. The maximum absolute atomic E-state index is 14.9. The molecule has 0 aliphatic rings. The Morgan fingerprint density at radius 3 is 2.53 bits per heavy atom. The Labute approximate surface area is 224 Å². The van der Waals surface area contributed by atoms with Crippen LogP contribution in [-0.4, -0.2) is 37.5 Å². The smallest absolute Gasteiger partial charge is 0.545 e. The van der Waals surface area contributed by atoms with Crippen LogP contribution in [0, 0.1) is 0 Å². The van der Waals surface area contributed by atoms with E-state index in [1.165, 1.54) is 22.9 Å². The average Bonchev–Trinajstić information content (AvgIpc) is 3.27. The molecule has 3 N–H and O–H groups in total. The van der Waals surface area contributed by atoms with Crippen LogP contribution in [0.3, 0.4) is 0 Å². The number of aromatic carboxylic acids is 1. The van der Waals surface area contributed by atoms with E-state index in [0.717, 1.165) is 6.20 Å². The largest absolute Gasteiger partial charge is 1.00 e. The third-order valence-corrected chi connectivity index (χ3v) is 4.84. The number of rotatable bonds is 8. The van der Waals surface area contributed by atoms with Crippen LogP contribution in [0.2, 0.25) is 0 Å². The standard InChI is InChI=1S/C20H20F2N4O5.K/c1-3-11-14(31-25-16(11)13-6-5-10(27)8-24-13)7-20(21,22)17(28)12-9-26(4-2)18(23)15(12)19(29)30;/h5-6,8-9,27H,3-4,7,23H2,1-2H3,(H,29,30);/q;+1/p-1. The molecule has 12 heteroatoms. The van der Waals surface area contributed by atoms with Gasteiger partial charge in [-0.25, -0.2) is 0 Å². The van der Waals surface area contributed by atoms with Crippen LogP contribution in [0.15, 0.2) is 29.0 Å². The summed E-state index contributed by atoms with van der Waals surface area (Å²) in [4.78, 5) is 28.0. The van der Waals surface area contributed by atoms with E-state index in [4.69, 9.17) is 10.3 Å². The van der Waals surface area contributed by atoms with Gasteiger partial charge in [0.1, 0.15) is 23.0 Å². The number of hydrogen-bond acceptors (Lipinski definition) is 8. The molecule has 0 bridgehead atoms. The summed E-state index contributed by atoms with van der Waals surface area (Å²) in [6.07, 6.45) is 1.27. The zero-order valence-electron chi connectivity index (χ0n) is 17.7. The average molecular weight is 472 g/mol. The van der Waals surface area contributed by atoms with Gasteiger partial charge in [0.05, 0.1) is 35.4 Å². The molecule has 9 nitrogen and oxygen atoms in total. The molecule has 0 saturated carbocycles. The van der Waals surface area contributed by atoms with Crippen molar-refractivity contribution in [2.45, 2.75) is 39.2 Å². The Hall–Kier alpha value is -2.12. The maximum Gasteiger partial charge on any atom is 1.00 e. The van der Waals surface area contributed by atoms with E-state index >= 15 is 0 Å². The third-order valence-electron chi connectivity index (χ3n) is 4.84. The number of anilines is 1. The van der Waals surface area contributed by atoms with Gasteiger partial charge < -0.3 is 29.8 Å². The first-order chi connectivity index (χ1) is 14.6. The SMILES string of the molecule is CCc1c(-c2ccc(O)cn2)noc1CC(F)(F)C(=O)c1cn(CC)c(N)c1C(=O)[O-].[K+]. The quantitative estimate of drug-likeness (QED) is 0.308. The minimum absolute atomic E-state index is 0. The number of ketones is 1. The Morgan fingerprint density at radius 2 is 2.00 bits per heavy atom. The van der Waals surface area contributed by atoms with Crippen molar-refractivity contribution in [1.29, 1.82) is 0 Å². The molecule has 0 saturated heterocycles. The second kappa shape index (κ2) is 10.2. The normalized spacial score (nSPS) is 11.2. The first-order valence-corrected chi connectivity index (χ1v) is 9.36. The van der Waals surface area contributed by atoms with Crippen LogP contribution < -0.4 is 62.2 Å². The van der Waals surface area contributed by atoms with Gasteiger partial charge >= 0.3 is 57.3 Å². The number of halogens is 2. The molecule has 32 heavy (non-hydrogen) atoms. The molecule has 0 fully saturated rings. The fraction of sp³-hybridized carbons (Fsp3) is 0.300. The van der Waals surface area contributed by atoms with Crippen molar-refractivity contribution in [3.63, 3.8) is 0 Å². The zero-order chi connectivity index (χ0) is 22.9. The summed E-state index contributed by atoms with van der Waals surface area (Å²) in [5, 5.41) is 24.5. The minimum Gasteiger partial charge on any atom is -0.545 e. The number of carboxylic acid groups (broad SMARTS) is 1. The Morgan fingerprint density at radius 1 is 1.31 bits per heavy atom. The summed E-state index contributed by atoms with van der Waals surface area (Å²) < 4.78 is 36.1. The summed E-state index contributed by atoms with van der Waals surface area (Å²) in [7, 11) is 0. The summed E-state index contributed by atoms with van der Waals surface area (Å²) in [5.74, 6) is -8.18. The number of aromatic nitrogens is 3. The number of pyridine rings is 1. The van der Waals surface area contributed by atoms with Crippen molar-refractivity contribution in [1.82, 2.24) is 14.7 Å². The van der Waals surface area contributed by atoms with E-state index < -0.39 is 35.2 Å². The van der Waals surface area contributed by atoms with Crippen molar-refractivity contribution >= 4 is 17.6 Å². The number of hydrogen-bond donors (Lipinski definition) is 2. The Kier molecular flexibility index (Phi) is 8.34. The van der Waals surface area contributed by atoms with Gasteiger partial charge in [0.15, 0.2) is 0 Å². The molecule has 3 aromatic rings. The number of nitrogens with zero attached hydrogens (tertiary/aromatic N) is 3. The predicted molar refractivity (Wildman–Crippen MR) is 103 cm³/mol. The summed E-state index contributed by atoms with van der Waals surface area (Å²) >= 11 is 0. The molecule has 0 radical (unpaired) electrons. The van der Waals surface area contributed by atoms with Crippen LogP contribution in [0.4, 0.5) is 14.6 Å². The number of alkyl halides is 2. The monoisotopic (exact) mass is 472 g/mol. The van der Waals surface area contributed by atoms with Crippen LogP contribution in [-0.2, 0) is 19.4 Å². The van der Waals surface area contributed by atoms with Crippen LogP contribution >= 0.6 is 0 Å². The van der Waals surface area contributed by atoms with Gasteiger partial charge in [-0.15, -0.1) is 0 Å². The molecule has 164 valence electrons. The number of nitrogen functional groups attached to an aromatic ring is 1. The molecule has 0 spiro atoms. The van der Waals surface area contributed by atoms with Crippen molar-refractivity contribution in [2.75, 3.05) is 5.73 Å². The second-order valence-electron chi connectivity index (χ2n) is 6.77. The van der Waals surface area contributed by atoms with Crippen LogP contribution in [0.25, 0.3) is 11.4 Å². The minimum atomic E-state index is -4.00. The number of carboxylic acids is 1. The van der Waals surface area contributed by atoms with E-state index in [1.807, 2.05) is 0 Å². The van der Waals surface area contributed by atoms with Gasteiger partial charge in [-0.2, -0.15) is 8.78 Å².